The van der Waals surface area contributed by atoms with Crippen LogP contribution in [0.4, 0.5) is 0 Å². The molecule has 1 spiro atoms. The number of methoxy groups -OCH3 is 1. The van der Waals surface area contributed by atoms with Gasteiger partial charge in [-0.05, 0) is 85.8 Å². The highest BCUT2D eigenvalue weighted by Crippen LogP contribution is 2.83. The molecule has 12 nitrogen and oxygen atoms in total. The number of Topliss-reactive ketones (excluding diaryl/α,β-unsaturated/α-hetero) is 1. The molecule has 5 fully saturated rings. The summed E-state index contributed by atoms with van der Waals surface area (Å²) in [5.41, 5.74) is 0.470. The quantitative estimate of drug-likeness (QED) is 0.176. The van der Waals surface area contributed by atoms with Gasteiger partial charge in [-0.25, -0.2) is 9.59 Å². The molecule has 2 aliphatic heterocycles. The Morgan fingerprint density at radius 3 is 2.40 bits per heavy atom. The number of aliphatic hydroxyl groups is 2. The first kappa shape index (κ1) is 34.2. The van der Waals surface area contributed by atoms with Crippen molar-refractivity contribution < 1.29 is 57.9 Å². The molecule has 12 heteroatoms. The summed E-state index contributed by atoms with van der Waals surface area (Å²) in [7, 11) is 1.27. The van der Waals surface area contributed by atoms with Gasteiger partial charge in [0, 0.05) is 39.9 Å². The Bertz CT molecular complexity index is 1880. The summed E-state index contributed by atoms with van der Waals surface area (Å²) < 4.78 is 29.1. The molecule has 5 saturated carbocycles. The highest BCUT2D eigenvalue weighted by atomic mass is 16.6. The summed E-state index contributed by atoms with van der Waals surface area (Å²) in [5, 5.41) is 24.6. The van der Waals surface area contributed by atoms with Crippen LogP contribution in [-0.2, 0) is 47.7 Å². The fraction of sp³-hybridized carbons (Fsp3) is 0.675. The minimum atomic E-state index is -1.36. The van der Waals surface area contributed by atoms with E-state index in [0.717, 1.165) is 24.0 Å². The summed E-state index contributed by atoms with van der Waals surface area (Å²) >= 11 is 0. The Labute approximate surface area is 301 Å². The van der Waals surface area contributed by atoms with Gasteiger partial charge in [-0.1, -0.05) is 25.0 Å². The lowest BCUT2D eigenvalue weighted by Gasteiger charge is -2.64. The van der Waals surface area contributed by atoms with Crippen LogP contribution in [0.3, 0.4) is 0 Å². The highest BCUT2D eigenvalue weighted by molar-refractivity contribution is 6.09. The number of ether oxygens (including phenoxy) is 5. The van der Waals surface area contributed by atoms with Crippen LogP contribution in [0, 0.1) is 52.3 Å². The molecule has 9 rings (SSSR count). The van der Waals surface area contributed by atoms with E-state index in [4.69, 9.17) is 23.7 Å². The summed E-state index contributed by atoms with van der Waals surface area (Å²) in [6, 6.07) is 0. The molecule has 12 atom stereocenters. The molecule has 0 radical (unpaired) electrons. The molecule has 0 aromatic heterocycles. The average molecular weight is 719 g/mol. The molecule has 9 aliphatic rings. The minimum absolute atomic E-state index is 0.0872. The third-order valence-electron chi connectivity index (χ3n) is 15.3. The van der Waals surface area contributed by atoms with Crippen LogP contribution in [0.1, 0.15) is 66.2 Å². The first-order chi connectivity index (χ1) is 24.6. The van der Waals surface area contributed by atoms with Crippen molar-refractivity contribution in [3.05, 3.63) is 45.1 Å². The van der Waals surface area contributed by atoms with Crippen molar-refractivity contribution >= 4 is 29.7 Å². The van der Waals surface area contributed by atoms with Crippen LogP contribution in [-0.4, -0.2) is 90.7 Å². The molecule has 52 heavy (non-hydrogen) atoms. The topological polar surface area (TPSA) is 172 Å². The number of hydrogen-bond acceptors (Lipinski definition) is 12. The zero-order chi connectivity index (χ0) is 36.9. The molecule has 7 aliphatic carbocycles. The van der Waals surface area contributed by atoms with Crippen molar-refractivity contribution in [2.75, 3.05) is 33.5 Å². The lowest BCUT2D eigenvalue weighted by molar-refractivity contribution is -0.184. The molecule has 2 N–H and O–H groups in total. The third-order valence-corrected chi connectivity index (χ3v) is 15.3. The van der Waals surface area contributed by atoms with Gasteiger partial charge in [0.15, 0.2) is 5.78 Å². The van der Waals surface area contributed by atoms with Crippen LogP contribution >= 0.6 is 0 Å². The van der Waals surface area contributed by atoms with Crippen molar-refractivity contribution in [3.8, 4) is 0 Å². The van der Waals surface area contributed by atoms with E-state index in [-0.39, 0.29) is 91.5 Å². The molecule has 0 saturated heterocycles. The molecular weight excluding hydrogens is 672 g/mol. The lowest BCUT2D eigenvalue weighted by atomic mass is 9.42. The van der Waals surface area contributed by atoms with Crippen molar-refractivity contribution in [3.63, 3.8) is 0 Å². The normalized spacial score (nSPS) is 48.1. The number of ketones is 1. The van der Waals surface area contributed by atoms with E-state index in [1.165, 1.54) is 18.8 Å². The standard InChI is InChI=1S/C40H46O12/c1-17-8-9-49-28(41)6-7-29(42)50-14-19-15-52-40-22(19)13-26-37(3,24-12-25(24)39(26,47)16-51-35(17)45)27(40)11-21-20-10-23(20)38(4)31(21)32(40)30(33(43)34(38)44)18(2)36(46)48-5/h8,20,23-27,32,34,44,47H,6-7,9-16H2,1-5H3/b17-8+,30-18-/t20-,23-,24-,25+,26-,27?,32+,34+,37+,38+,39+,40-/m1/s1. The van der Waals surface area contributed by atoms with Crippen LogP contribution in [0.15, 0.2) is 45.1 Å². The van der Waals surface area contributed by atoms with Crippen LogP contribution in [0.5, 0.6) is 0 Å². The van der Waals surface area contributed by atoms with Crippen LogP contribution in [0.25, 0.3) is 0 Å². The number of aliphatic hydroxyl groups excluding tert-OH is 1. The number of hydrogen-bond donors (Lipinski definition) is 2. The van der Waals surface area contributed by atoms with E-state index >= 15 is 0 Å². The third kappa shape index (κ3) is 4.12. The smallest absolute Gasteiger partial charge is 0.333 e. The maximum Gasteiger partial charge on any atom is 0.333 e. The molecule has 2 bridgehead atoms. The van der Waals surface area contributed by atoms with Gasteiger partial charge in [0.1, 0.15) is 37.1 Å². The summed E-state index contributed by atoms with van der Waals surface area (Å²) in [6.45, 7) is 6.96. The second kappa shape index (κ2) is 11.0. The first-order valence-electron chi connectivity index (χ1n) is 18.6. The van der Waals surface area contributed by atoms with Crippen molar-refractivity contribution in [2.24, 2.45) is 52.3 Å². The summed E-state index contributed by atoms with van der Waals surface area (Å²) in [4.78, 5) is 66.4. The number of esters is 4. The first-order valence-corrected chi connectivity index (χ1v) is 18.6. The Kier molecular flexibility index (Phi) is 7.21. The van der Waals surface area contributed by atoms with E-state index in [0.29, 0.717) is 18.4 Å². The predicted molar refractivity (Wildman–Crippen MR) is 178 cm³/mol. The summed E-state index contributed by atoms with van der Waals surface area (Å²) in [5.74, 6) is -4.03. The minimum Gasteiger partial charge on any atom is -0.466 e. The van der Waals surface area contributed by atoms with Gasteiger partial charge in [0.05, 0.1) is 26.6 Å². The second-order valence-electron chi connectivity index (χ2n) is 17.2. The Hall–Kier alpha value is -3.61. The lowest BCUT2D eigenvalue weighted by Crippen LogP contribution is -2.67. The molecule has 0 amide bonds. The number of carbonyl (C=O) groups is 5. The maximum absolute atomic E-state index is 14.6. The summed E-state index contributed by atoms with van der Waals surface area (Å²) in [6.07, 6.45) is 2.30. The van der Waals surface area contributed by atoms with Gasteiger partial charge in [-0.2, -0.15) is 0 Å². The van der Waals surface area contributed by atoms with Crippen LogP contribution < -0.4 is 0 Å². The molecule has 1 unspecified atom stereocenters. The number of allylic oxidation sites excluding steroid dienone is 1. The van der Waals surface area contributed by atoms with E-state index in [1.54, 1.807) is 13.8 Å². The van der Waals surface area contributed by atoms with Gasteiger partial charge >= 0.3 is 23.9 Å². The molecule has 0 aromatic rings. The number of rotatable bonds is 1. The Morgan fingerprint density at radius 2 is 1.67 bits per heavy atom. The number of fused-ring (bicyclic) bond motifs is 7. The SMILES string of the molecule is COC(=O)/C(C)=C1\C(=O)[C@H](O)[C@]2(C)C3=C(CC4[C@@]5(C)[C@@H]6C[C@@H]6[C@@]6(O)COC(=O)/C(C)=C/COC(=O)CCC(=O)OCC7=C(C[C@@H]65)[C@]4(OC7)[C@H]31)[C@H]1C[C@H]12. The number of carbonyl (C=O) groups excluding carboxylic acids is 5. The zero-order valence-corrected chi connectivity index (χ0v) is 30.2. The molecule has 278 valence electrons. The van der Waals surface area contributed by atoms with Gasteiger partial charge in [0.2, 0.25) is 0 Å². The second-order valence-corrected chi connectivity index (χ2v) is 17.2. The predicted octanol–water partition coefficient (Wildman–Crippen LogP) is 2.85. The van der Waals surface area contributed by atoms with E-state index in [1.807, 2.05) is 6.92 Å². The highest BCUT2D eigenvalue weighted by Gasteiger charge is 2.83. The van der Waals surface area contributed by atoms with Gasteiger partial charge in [-0.15, -0.1) is 0 Å². The Balaban J connectivity index is 1.24. The Morgan fingerprint density at radius 1 is 0.942 bits per heavy atom. The van der Waals surface area contributed by atoms with Crippen molar-refractivity contribution in [1.29, 1.82) is 0 Å². The molecular formula is C40H46O12. The molecule has 2 heterocycles. The van der Waals surface area contributed by atoms with Crippen molar-refractivity contribution in [2.45, 2.75) is 83.5 Å². The molecule has 0 aromatic carbocycles. The zero-order valence-electron chi connectivity index (χ0n) is 30.2. The van der Waals surface area contributed by atoms with E-state index in [9.17, 15) is 34.2 Å². The van der Waals surface area contributed by atoms with Gasteiger partial charge in [-0.3, -0.25) is 14.4 Å². The van der Waals surface area contributed by atoms with E-state index < -0.39 is 63.7 Å². The van der Waals surface area contributed by atoms with Crippen LogP contribution in [0.2, 0.25) is 0 Å². The average Bonchev–Trinajstić information content (AvgIpc) is 4.04. The van der Waals surface area contributed by atoms with Gasteiger partial charge in [0.25, 0.3) is 0 Å². The maximum atomic E-state index is 14.6. The number of cyclic esters (lactones) is 3. The fourth-order valence-electron chi connectivity index (χ4n) is 12.8. The van der Waals surface area contributed by atoms with Crippen molar-refractivity contribution in [1.82, 2.24) is 0 Å². The fourth-order valence-corrected chi connectivity index (χ4v) is 12.8. The largest absolute Gasteiger partial charge is 0.466 e. The van der Waals surface area contributed by atoms with E-state index in [2.05, 4.69) is 6.92 Å². The monoisotopic (exact) mass is 718 g/mol. The van der Waals surface area contributed by atoms with Gasteiger partial charge < -0.3 is 33.9 Å².